The van der Waals surface area contributed by atoms with E-state index in [1.54, 1.807) is 0 Å². The molecule has 0 saturated heterocycles. The van der Waals surface area contributed by atoms with E-state index in [0.29, 0.717) is 19.3 Å². The average Bonchev–Trinajstić information content (AvgIpc) is 2.58. The van der Waals surface area contributed by atoms with Gasteiger partial charge in [-0.05, 0) is 18.8 Å². The molecule has 3 N–H and O–H groups in total. The van der Waals surface area contributed by atoms with Gasteiger partial charge >= 0.3 is 5.97 Å². The summed E-state index contributed by atoms with van der Waals surface area (Å²) >= 11 is 0. The summed E-state index contributed by atoms with van der Waals surface area (Å²) in [4.78, 5) is 22.6. The van der Waals surface area contributed by atoms with Crippen LogP contribution in [0, 0.1) is 5.92 Å². The lowest BCUT2D eigenvalue weighted by Crippen LogP contribution is -2.32. The maximum atomic E-state index is 11.9. The fraction of sp³-hybridized carbons (Fsp3) is 0.909. The van der Waals surface area contributed by atoms with Crippen molar-refractivity contribution in [3.05, 3.63) is 0 Å². The first-order chi connectivity index (χ1) is 12.5. The zero-order valence-corrected chi connectivity index (χ0v) is 17.3. The number of ketones is 1. The number of nitrogens with two attached hydrogens (primary N) is 1. The number of carboxylic acid groups (broad SMARTS) is 1. The summed E-state index contributed by atoms with van der Waals surface area (Å²) in [6, 6.07) is -0.853. The molecule has 154 valence electrons. The number of hydrogen-bond acceptors (Lipinski definition) is 3. The van der Waals surface area contributed by atoms with Gasteiger partial charge in [-0.15, -0.1) is 0 Å². The van der Waals surface area contributed by atoms with Crippen LogP contribution in [0.5, 0.6) is 0 Å². The zero-order chi connectivity index (χ0) is 19.6. The molecule has 0 heterocycles. The van der Waals surface area contributed by atoms with Crippen LogP contribution in [0.4, 0.5) is 0 Å². The van der Waals surface area contributed by atoms with Crippen LogP contribution in [-0.2, 0) is 9.59 Å². The number of hydrogen-bond donors (Lipinski definition) is 2. The van der Waals surface area contributed by atoms with Crippen molar-refractivity contribution in [3.8, 4) is 0 Å². The van der Waals surface area contributed by atoms with Gasteiger partial charge in [-0.1, -0.05) is 90.9 Å². The van der Waals surface area contributed by atoms with Gasteiger partial charge in [0.1, 0.15) is 11.8 Å². The summed E-state index contributed by atoms with van der Waals surface area (Å²) in [6.07, 6.45) is 18.4. The monoisotopic (exact) mass is 369 g/mol. The summed E-state index contributed by atoms with van der Waals surface area (Å²) in [5.41, 5.74) is 5.51. The van der Waals surface area contributed by atoms with Crippen molar-refractivity contribution in [2.75, 3.05) is 0 Å². The zero-order valence-electron chi connectivity index (χ0n) is 17.3. The van der Waals surface area contributed by atoms with Gasteiger partial charge in [0, 0.05) is 12.8 Å². The summed E-state index contributed by atoms with van der Waals surface area (Å²) < 4.78 is 0. The minimum atomic E-state index is -0.985. The number of carbonyl (C=O) groups is 2. The minimum absolute atomic E-state index is 0.0515. The molecule has 1 unspecified atom stereocenters. The lowest BCUT2D eigenvalue weighted by Gasteiger charge is -2.13. The van der Waals surface area contributed by atoms with E-state index in [0.717, 1.165) is 12.8 Å². The molecule has 0 aromatic carbocycles. The molecule has 0 aliphatic rings. The van der Waals surface area contributed by atoms with Crippen LogP contribution in [0.15, 0.2) is 0 Å². The van der Waals surface area contributed by atoms with Gasteiger partial charge in [-0.25, -0.2) is 0 Å². The average molecular weight is 370 g/mol. The Morgan fingerprint density at radius 2 is 1.23 bits per heavy atom. The lowest BCUT2D eigenvalue weighted by atomic mass is 9.94. The van der Waals surface area contributed by atoms with Crippen molar-refractivity contribution >= 4 is 11.8 Å². The number of carbonyl (C=O) groups excluding carboxylic acids is 1. The highest BCUT2D eigenvalue weighted by Crippen LogP contribution is 2.15. The molecule has 2 atom stereocenters. The minimum Gasteiger partial charge on any atom is -0.480 e. The first-order valence-corrected chi connectivity index (χ1v) is 11.0. The molecule has 0 aromatic rings. The molecular weight excluding hydrogens is 326 g/mol. The van der Waals surface area contributed by atoms with Crippen LogP contribution >= 0.6 is 0 Å². The Bertz CT molecular complexity index is 357. The number of carboxylic acids is 1. The van der Waals surface area contributed by atoms with Crippen LogP contribution in [0.2, 0.25) is 0 Å². The molecule has 0 rings (SSSR count). The second-order valence-corrected chi connectivity index (χ2v) is 8.02. The van der Waals surface area contributed by atoms with Gasteiger partial charge in [-0.2, -0.15) is 0 Å². The molecule has 0 bridgehead atoms. The van der Waals surface area contributed by atoms with Gasteiger partial charge in [0.15, 0.2) is 0 Å². The first kappa shape index (κ1) is 25.1. The Balaban J connectivity index is 3.36. The van der Waals surface area contributed by atoms with Crippen molar-refractivity contribution in [1.82, 2.24) is 0 Å². The molecule has 0 amide bonds. The van der Waals surface area contributed by atoms with Gasteiger partial charge in [-0.3, -0.25) is 9.59 Å². The van der Waals surface area contributed by atoms with E-state index >= 15 is 0 Å². The van der Waals surface area contributed by atoms with Gasteiger partial charge in [0.05, 0.1) is 0 Å². The van der Waals surface area contributed by atoms with Crippen molar-refractivity contribution in [3.63, 3.8) is 0 Å². The van der Waals surface area contributed by atoms with E-state index < -0.39 is 12.0 Å². The molecule has 0 radical (unpaired) electrons. The maximum absolute atomic E-state index is 11.9. The van der Waals surface area contributed by atoms with E-state index in [4.69, 9.17) is 10.8 Å². The lowest BCUT2D eigenvalue weighted by molar-refractivity contribution is -0.139. The predicted molar refractivity (Wildman–Crippen MR) is 109 cm³/mol. The summed E-state index contributed by atoms with van der Waals surface area (Å²) in [5.74, 6) is -0.686. The SMILES string of the molecule is CCCCCCCCCCCCCCCC(=O)CC(C)C[C@H](N)C(=O)O. The molecular formula is C22H43NO3. The van der Waals surface area contributed by atoms with Crippen LogP contribution in [0.3, 0.4) is 0 Å². The largest absolute Gasteiger partial charge is 0.480 e. The van der Waals surface area contributed by atoms with Gasteiger partial charge in [0.2, 0.25) is 0 Å². The Kier molecular flexibility index (Phi) is 16.9. The van der Waals surface area contributed by atoms with E-state index in [1.165, 1.54) is 70.6 Å². The number of Topliss-reactive ketones (excluding diaryl/α,β-unsaturated/α-hetero) is 1. The summed E-state index contributed by atoms with van der Waals surface area (Å²) in [6.45, 7) is 4.17. The predicted octanol–water partition coefficient (Wildman–Crippen LogP) is 5.87. The first-order valence-electron chi connectivity index (χ1n) is 11.0. The summed E-state index contributed by atoms with van der Waals surface area (Å²) in [5, 5.41) is 8.79. The highest BCUT2D eigenvalue weighted by molar-refractivity contribution is 5.78. The Hall–Kier alpha value is -0.900. The smallest absolute Gasteiger partial charge is 0.320 e. The Labute approximate surface area is 161 Å². The molecule has 0 saturated carbocycles. The Morgan fingerprint density at radius 3 is 1.65 bits per heavy atom. The standard InChI is InChI=1S/C22H43NO3/c1-3-4-5-6-7-8-9-10-11-12-13-14-15-16-20(24)17-19(2)18-21(23)22(25)26/h19,21H,3-18,23H2,1-2H3,(H,25,26)/t19?,21-/m0/s1. The van der Waals surface area contributed by atoms with Crippen molar-refractivity contribution in [2.45, 2.75) is 123 Å². The number of unbranched alkanes of at least 4 members (excludes halogenated alkanes) is 12. The molecule has 0 aliphatic carbocycles. The summed E-state index contributed by atoms with van der Waals surface area (Å²) in [7, 11) is 0. The number of rotatable bonds is 19. The van der Waals surface area contributed by atoms with Gasteiger partial charge < -0.3 is 10.8 Å². The third kappa shape index (κ3) is 16.6. The maximum Gasteiger partial charge on any atom is 0.320 e. The fourth-order valence-electron chi connectivity index (χ4n) is 3.45. The Morgan fingerprint density at radius 1 is 0.808 bits per heavy atom. The van der Waals surface area contributed by atoms with Crippen molar-refractivity contribution in [2.24, 2.45) is 11.7 Å². The second-order valence-electron chi connectivity index (χ2n) is 8.02. The quantitative estimate of drug-likeness (QED) is 0.279. The fourth-order valence-corrected chi connectivity index (χ4v) is 3.45. The van der Waals surface area contributed by atoms with Crippen molar-refractivity contribution in [1.29, 1.82) is 0 Å². The van der Waals surface area contributed by atoms with Gasteiger partial charge in [0.25, 0.3) is 0 Å². The third-order valence-electron chi connectivity index (χ3n) is 5.11. The van der Waals surface area contributed by atoms with Crippen LogP contribution in [0.1, 0.15) is 117 Å². The number of aliphatic carboxylic acids is 1. The second kappa shape index (κ2) is 17.5. The van der Waals surface area contributed by atoms with Crippen LogP contribution < -0.4 is 5.73 Å². The van der Waals surface area contributed by atoms with E-state index in [1.807, 2.05) is 6.92 Å². The molecule has 0 aliphatic heterocycles. The van der Waals surface area contributed by atoms with Crippen molar-refractivity contribution < 1.29 is 14.7 Å². The van der Waals surface area contributed by atoms with E-state index in [-0.39, 0.29) is 11.7 Å². The normalized spacial score (nSPS) is 13.5. The molecule has 4 heteroatoms. The topological polar surface area (TPSA) is 80.4 Å². The highest BCUT2D eigenvalue weighted by atomic mass is 16.4. The van der Waals surface area contributed by atoms with E-state index in [2.05, 4.69) is 6.92 Å². The highest BCUT2D eigenvalue weighted by Gasteiger charge is 2.17. The van der Waals surface area contributed by atoms with Crippen LogP contribution in [0.25, 0.3) is 0 Å². The molecule has 26 heavy (non-hydrogen) atoms. The molecule has 0 spiro atoms. The molecule has 0 aromatic heterocycles. The molecule has 4 nitrogen and oxygen atoms in total. The third-order valence-corrected chi connectivity index (χ3v) is 5.11. The molecule has 0 fully saturated rings. The van der Waals surface area contributed by atoms with E-state index in [9.17, 15) is 9.59 Å². The van der Waals surface area contributed by atoms with Crippen LogP contribution in [-0.4, -0.2) is 22.9 Å².